The van der Waals surface area contributed by atoms with Crippen molar-refractivity contribution in [3.8, 4) is 0 Å². The van der Waals surface area contributed by atoms with Crippen molar-refractivity contribution in [1.29, 1.82) is 0 Å². The van der Waals surface area contributed by atoms with Crippen molar-refractivity contribution in [2.75, 3.05) is 31.7 Å². The predicted octanol–water partition coefficient (Wildman–Crippen LogP) is 5.45. The maximum absolute atomic E-state index is 13.2. The number of ether oxygens (including phenoxy) is 2. The average Bonchev–Trinajstić information content (AvgIpc) is 2.85. The SMILES string of the molecule is COC1(c2cccc(Sc3ccc(S(=O)(=O)N(C)c4ccc(F)cc4)cc3)c2)CCOCC1. The van der Waals surface area contributed by atoms with E-state index in [4.69, 9.17) is 9.47 Å². The minimum absolute atomic E-state index is 0.174. The molecule has 3 aromatic carbocycles. The van der Waals surface area contributed by atoms with E-state index in [1.54, 1.807) is 43.1 Å². The predicted molar refractivity (Wildman–Crippen MR) is 128 cm³/mol. The Morgan fingerprint density at radius 3 is 2.27 bits per heavy atom. The standard InChI is InChI=1S/C25H26FNO4S2/c1-27(21-8-6-20(26)7-9-21)33(28,29)24-12-10-22(11-13-24)32-23-5-3-4-19(18-23)25(30-2)14-16-31-17-15-25/h3-13,18H,14-17H2,1-2H3. The monoisotopic (exact) mass is 487 g/mol. The van der Waals surface area contributed by atoms with Gasteiger partial charge >= 0.3 is 0 Å². The minimum atomic E-state index is -3.75. The van der Waals surface area contributed by atoms with Gasteiger partial charge in [0.15, 0.2) is 0 Å². The second-order valence-corrected chi connectivity index (χ2v) is 11.0. The third-order valence-corrected chi connectivity index (χ3v) is 8.76. The summed E-state index contributed by atoms with van der Waals surface area (Å²) in [4.78, 5) is 2.15. The van der Waals surface area contributed by atoms with Gasteiger partial charge in [-0.1, -0.05) is 23.9 Å². The first-order chi connectivity index (χ1) is 15.8. The van der Waals surface area contributed by atoms with Crippen LogP contribution in [0.2, 0.25) is 0 Å². The van der Waals surface area contributed by atoms with Gasteiger partial charge in [0.2, 0.25) is 0 Å². The molecule has 0 amide bonds. The van der Waals surface area contributed by atoms with Gasteiger partial charge in [0, 0.05) is 50.0 Å². The molecule has 33 heavy (non-hydrogen) atoms. The fourth-order valence-corrected chi connectivity index (χ4v) is 5.99. The van der Waals surface area contributed by atoms with E-state index >= 15 is 0 Å². The van der Waals surface area contributed by atoms with Crippen LogP contribution < -0.4 is 4.31 Å². The summed E-state index contributed by atoms with van der Waals surface area (Å²) in [5.74, 6) is -0.414. The second kappa shape index (κ2) is 9.85. The number of nitrogens with zero attached hydrogens (tertiary/aromatic N) is 1. The van der Waals surface area contributed by atoms with Crippen LogP contribution in [0.5, 0.6) is 0 Å². The van der Waals surface area contributed by atoms with E-state index in [0.717, 1.165) is 32.5 Å². The highest BCUT2D eigenvalue weighted by Crippen LogP contribution is 2.38. The maximum atomic E-state index is 13.2. The molecule has 1 fully saturated rings. The minimum Gasteiger partial charge on any atom is -0.381 e. The zero-order valence-electron chi connectivity index (χ0n) is 18.5. The lowest BCUT2D eigenvalue weighted by Gasteiger charge is -2.36. The number of rotatable bonds is 7. The first-order valence-electron chi connectivity index (χ1n) is 10.6. The smallest absolute Gasteiger partial charge is 0.264 e. The highest BCUT2D eigenvalue weighted by atomic mass is 32.2. The highest BCUT2D eigenvalue weighted by molar-refractivity contribution is 7.99. The van der Waals surface area contributed by atoms with Crippen LogP contribution in [0.15, 0.2) is 87.5 Å². The number of halogens is 1. The molecule has 0 atom stereocenters. The van der Waals surface area contributed by atoms with Crippen molar-refractivity contribution in [2.24, 2.45) is 0 Å². The summed E-state index contributed by atoms with van der Waals surface area (Å²) >= 11 is 1.56. The molecule has 0 spiro atoms. The van der Waals surface area contributed by atoms with Gasteiger partial charge < -0.3 is 9.47 Å². The number of sulfonamides is 1. The molecule has 1 aliphatic heterocycles. The molecule has 0 radical (unpaired) electrons. The third-order valence-electron chi connectivity index (χ3n) is 5.96. The van der Waals surface area contributed by atoms with Crippen LogP contribution in [0, 0.1) is 5.82 Å². The van der Waals surface area contributed by atoms with Gasteiger partial charge in [-0.2, -0.15) is 0 Å². The van der Waals surface area contributed by atoms with E-state index < -0.39 is 15.8 Å². The Kier molecular flexibility index (Phi) is 7.09. The molecular formula is C25H26FNO4S2. The molecule has 174 valence electrons. The summed E-state index contributed by atoms with van der Waals surface area (Å²) in [5.41, 5.74) is 1.18. The summed E-state index contributed by atoms with van der Waals surface area (Å²) < 4.78 is 51.7. The zero-order chi connectivity index (χ0) is 23.5. The van der Waals surface area contributed by atoms with Gasteiger partial charge in [-0.3, -0.25) is 4.31 Å². The van der Waals surface area contributed by atoms with Gasteiger partial charge in [0.25, 0.3) is 10.0 Å². The Balaban J connectivity index is 1.51. The number of methoxy groups -OCH3 is 1. The molecule has 1 heterocycles. The largest absolute Gasteiger partial charge is 0.381 e. The molecule has 3 aromatic rings. The van der Waals surface area contributed by atoms with Crippen molar-refractivity contribution >= 4 is 27.5 Å². The fourth-order valence-electron chi connectivity index (χ4n) is 3.92. The van der Waals surface area contributed by atoms with Crippen molar-refractivity contribution in [1.82, 2.24) is 0 Å². The van der Waals surface area contributed by atoms with E-state index in [1.807, 2.05) is 12.1 Å². The van der Waals surface area contributed by atoms with Gasteiger partial charge in [0.05, 0.1) is 16.2 Å². The molecule has 0 bridgehead atoms. The average molecular weight is 488 g/mol. The Labute approximate surface area is 198 Å². The Morgan fingerprint density at radius 2 is 1.64 bits per heavy atom. The lowest BCUT2D eigenvalue weighted by Crippen LogP contribution is -2.35. The summed E-state index contributed by atoms with van der Waals surface area (Å²) in [7, 11) is -0.554. The molecule has 5 nitrogen and oxygen atoms in total. The lowest BCUT2D eigenvalue weighted by atomic mass is 9.86. The van der Waals surface area contributed by atoms with E-state index in [9.17, 15) is 12.8 Å². The molecule has 4 rings (SSSR count). The second-order valence-electron chi connectivity index (χ2n) is 7.86. The molecule has 0 unspecified atom stereocenters. The quantitative estimate of drug-likeness (QED) is 0.443. The topological polar surface area (TPSA) is 55.8 Å². The Morgan fingerprint density at radius 1 is 0.970 bits per heavy atom. The molecule has 0 aliphatic carbocycles. The van der Waals surface area contributed by atoms with Crippen LogP contribution in [0.1, 0.15) is 18.4 Å². The molecular weight excluding hydrogens is 461 g/mol. The van der Waals surface area contributed by atoms with Crippen LogP contribution in [0.4, 0.5) is 10.1 Å². The van der Waals surface area contributed by atoms with Crippen LogP contribution >= 0.6 is 11.8 Å². The van der Waals surface area contributed by atoms with Crippen molar-refractivity contribution < 1.29 is 22.3 Å². The number of benzene rings is 3. The third kappa shape index (κ3) is 5.09. The summed E-state index contributed by atoms with van der Waals surface area (Å²) in [6, 6.07) is 20.4. The van der Waals surface area contributed by atoms with E-state index in [0.29, 0.717) is 18.9 Å². The van der Waals surface area contributed by atoms with E-state index in [1.165, 1.54) is 31.3 Å². The molecule has 0 aromatic heterocycles. The van der Waals surface area contributed by atoms with Crippen LogP contribution in [-0.4, -0.2) is 35.8 Å². The normalized spacial score (nSPS) is 15.8. The Bertz CT molecular complexity index is 1190. The van der Waals surface area contributed by atoms with Crippen molar-refractivity contribution in [2.45, 2.75) is 33.1 Å². The molecule has 8 heteroatoms. The first kappa shape index (κ1) is 23.8. The maximum Gasteiger partial charge on any atom is 0.264 e. The molecule has 0 N–H and O–H groups in total. The van der Waals surface area contributed by atoms with Gasteiger partial charge in [0.1, 0.15) is 5.82 Å². The molecule has 1 aliphatic rings. The van der Waals surface area contributed by atoms with E-state index in [2.05, 4.69) is 12.1 Å². The lowest BCUT2D eigenvalue weighted by molar-refractivity contribution is -0.0948. The van der Waals surface area contributed by atoms with E-state index in [-0.39, 0.29) is 10.5 Å². The molecule has 1 saturated heterocycles. The summed E-state index contributed by atoms with van der Waals surface area (Å²) in [5, 5.41) is 0. The number of hydrogen-bond acceptors (Lipinski definition) is 5. The van der Waals surface area contributed by atoms with Gasteiger partial charge in [-0.25, -0.2) is 12.8 Å². The summed E-state index contributed by atoms with van der Waals surface area (Å²) in [6.45, 7) is 1.35. The highest BCUT2D eigenvalue weighted by Gasteiger charge is 2.34. The summed E-state index contributed by atoms with van der Waals surface area (Å²) in [6.07, 6.45) is 1.62. The zero-order valence-corrected chi connectivity index (χ0v) is 20.2. The fraction of sp³-hybridized carbons (Fsp3) is 0.280. The number of anilines is 1. The Hall–Kier alpha value is -2.39. The van der Waals surface area contributed by atoms with Crippen molar-refractivity contribution in [3.05, 3.63) is 84.2 Å². The molecule has 0 saturated carbocycles. The van der Waals surface area contributed by atoms with Gasteiger partial charge in [-0.15, -0.1) is 0 Å². The van der Waals surface area contributed by atoms with Crippen LogP contribution in [0.3, 0.4) is 0 Å². The van der Waals surface area contributed by atoms with Crippen molar-refractivity contribution in [3.63, 3.8) is 0 Å². The van der Waals surface area contributed by atoms with Crippen LogP contribution in [0.25, 0.3) is 0 Å². The first-order valence-corrected chi connectivity index (χ1v) is 12.9. The van der Waals surface area contributed by atoms with Gasteiger partial charge in [-0.05, 0) is 66.2 Å². The number of hydrogen-bond donors (Lipinski definition) is 0. The van der Waals surface area contributed by atoms with Crippen LogP contribution in [-0.2, 0) is 25.1 Å².